The summed E-state index contributed by atoms with van der Waals surface area (Å²) in [7, 11) is 1.54. The van der Waals surface area contributed by atoms with E-state index in [0.29, 0.717) is 40.2 Å². The lowest BCUT2D eigenvalue weighted by atomic mass is 10.1. The lowest BCUT2D eigenvalue weighted by molar-refractivity contribution is 0.0996. The van der Waals surface area contributed by atoms with Gasteiger partial charge in [0.1, 0.15) is 5.49 Å². The highest BCUT2D eigenvalue weighted by atomic mass is 79.9. The van der Waals surface area contributed by atoms with Crippen LogP contribution in [0.4, 0.5) is 0 Å². The fourth-order valence-electron chi connectivity index (χ4n) is 2.89. The van der Waals surface area contributed by atoms with Gasteiger partial charge in [-0.15, -0.1) is 0 Å². The third-order valence-electron chi connectivity index (χ3n) is 4.37. The van der Waals surface area contributed by atoms with Crippen molar-refractivity contribution in [2.24, 2.45) is 4.99 Å². The van der Waals surface area contributed by atoms with Gasteiger partial charge in [0.2, 0.25) is 0 Å². The first-order valence-corrected chi connectivity index (χ1v) is 10.1. The van der Waals surface area contributed by atoms with E-state index in [1.54, 1.807) is 19.2 Å². The Morgan fingerprint density at radius 2 is 1.90 bits per heavy atom. The van der Waals surface area contributed by atoms with Gasteiger partial charge < -0.3 is 14.0 Å². The van der Waals surface area contributed by atoms with Crippen molar-refractivity contribution in [3.8, 4) is 11.5 Å². The van der Waals surface area contributed by atoms with Crippen LogP contribution in [-0.2, 0) is 6.54 Å². The zero-order chi connectivity index (χ0) is 20.8. The second kappa shape index (κ2) is 9.56. The van der Waals surface area contributed by atoms with E-state index in [4.69, 9.17) is 9.47 Å². The number of carbonyl (C=O) groups is 1. The van der Waals surface area contributed by atoms with Gasteiger partial charge in [0, 0.05) is 18.3 Å². The molecular weight excluding hydrogens is 432 g/mol. The van der Waals surface area contributed by atoms with E-state index >= 15 is 0 Å². The quantitative estimate of drug-likeness (QED) is 0.539. The summed E-state index contributed by atoms with van der Waals surface area (Å²) >= 11 is 3.45. The van der Waals surface area contributed by atoms with Crippen LogP contribution in [-0.4, -0.2) is 24.2 Å². The van der Waals surface area contributed by atoms with Crippen LogP contribution in [0.3, 0.4) is 0 Å². The number of hydrogen-bond acceptors (Lipinski definition) is 3. The lowest BCUT2D eigenvalue weighted by Gasteiger charge is -2.12. The number of carbonyl (C=O) groups excluding carboxylic acids is 1. The Labute approximate surface area is 178 Å². The van der Waals surface area contributed by atoms with Gasteiger partial charge in [0.15, 0.2) is 11.5 Å². The summed E-state index contributed by atoms with van der Waals surface area (Å²) in [4.78, 5) is 17.2. The van der Waals surface area contributed by atoms with Crippen LogP contribution in [0.1, 0.15) is 28.4 Å². The highest BCUT2D eigenvalue weighted by Crippen LogP contribution is 2.36. The molecule has 5 nitrogen and oxygen atoms in total. The first kappa shape index (κ1) is 20.9. The maximum absolute atomic E-state index is 12.9. The highest BCUT2D eigenvalue weighted by Gasteiger charge is 2.15. The number of aromatic nitrogens is 1. The van der Waals surface area contributed by atoms with E-state index in [9.17, 15) is 4.79 Å². The van der Waals surface area contributed by atoms with Gasteiger partial charge in [-0.1, -0.05) is 35.9 Å². The molecule has 0 aliphatic heterocycles. The Morgan fingerprint density at radius 1 is 1.14 bits per heavy atom. The second-order valence-corrected chi connectivity index (χ2v) is 7.37. The third-order valence-corrected chi connectivity index (χ3v) is 4.96. The molecule has 1 amide bonds. The molecule has 0 saturated carbocycles. The molecule has 0 atom stereocenters. The van der Waals surface area contributed by atoms with Gasteiger partial charge in [-0.05, 0) is 59.6 Å². The maximum atomic E-state index is 12.9. The number of halogens is 1. The fraction of sp³-hybridized carbons (Fsp3) is 0.217. The van der Waals surface area contributed by atoms with Crippen LogP contribution in [0.5, 0.6) is 11.5 Å². The molecular formula is C23H23BrN2O3. The van der Waals surface area contributed by atoms with Gasteiger partial charge >= 0.3 is 0 Å². The number of hydrogen-bond donors (Lipinski definition) is 0. The zero-order valence-corrected chi connectivity index (χ0v) is 18.3. The number of aryl methyl sites for hydroxylation is 1. The standard InChI is InChI=1S/C23H23BrN2O3/c1-4-29-22-19(24)13-18(14-20(22)28-3)23(27)25-21-7-5-6-12-26(21)15-17-10-8-16(2)9-11-17/h5-14H,4,15H2,1-3H3. The van der Waals surface area contributed by atoms with Crippen LogP contribution in [0, 0.1) is 6.92 Å². The van der Waals surface area contributed by atoms with Crippen LogP contribution >= 0.6 is 15.9 Å². The van der Waals surface area contributed by atoms with E-state index in [2.05, 4.69) is 52.1 Å². The van der Waals surface area contributed by atoms with Crippen LogP contribution in [0.25, 0.3) is 0 Å². The molecule has 29 heavy (non-hydrogen) atoms. The largest absolute Gasteiger partial charge is 0.493 e. The number of nitrogens with zero attached hydrogens (tertiary/aromatic N) is 2. The van der Waals surface area contributed by atoms with Gasteiger partial charge in [-0.2, -0.15) is 4.99 Å². The van der Waals surface area contributed by atoms with Gasteiger partial charge in [0.05, 0.1) is 18.2 Å². The van der Waals surface area contributed by atoms with Crippen molar-refractivity contribution in [3.63, 3.8) is 0 Å². The number of ether oxygens (including phenoxy) is 2. The summed E-state index contributed by atoms with van der Waals surface area (Å²) in [6.45, 7) is 5.07. The predicted molar refractivity (Wildman–Crippen MR) is 116 cm³/mol. The molecule has 3 rings (SSSR count). The molecule has 0 saturated heterocycles. The van der Waals surface area contributed by atoms with E-state index < -0.39 is 0 Å². The molecule has 6 heteroatoms. The fourth-order valence-corrected chi connectivity index (χ4v) is 3.45. The van der Waals surface area contributed by atoms with Crippen molar-refractivity contribution in [1.29, 1.82) is 0 Å². The Kier molecular flexibility index (Phi) is 6.88. The van der Waals surface area contributed by atoms with Crippen molar-refractivity contribution in [2.75, 3.05) is 13.7 Å². The number of rotatable bonds is 6. The average Bonchev–Trinajstić information content (AvgIpc) is 2.72. The van der Waals surface area contributed by atoms with Crippen molar-refractivity contribution < 1.29 is 14.3 Å². The molecule has 3 aromatic rings. The SMILES string of the molecule is CCOc1c(Br)cc(C(=O)N=c2ccccn2Cc2ccc(C)cc2)cc1OC. The molecule has 0 radical (unpaired) electrons. The molecule has 0 fully saturated rings. The molecule has 0 unspecified atom stereocenters. The molecule has 1 aromatic heterocycles. The molecule has 150 valence electrons. The molecule has 0 bridgehead atoms. The molecule has 0 spiro atoms. The summed E-state index contributed by atoms with van der Waals surface area (Å²) in [5.74, 6) is 0.706. The van der Waals surface area contributed by atoms with Crippen molar-refractivity contribution in [1.82, 2.24) is 4.57 Å². The Balaban J connectivity index is 1.95. The second-order valence-electron chi connectivity index (χ2n) is 6.51. The summed E-state index contributed by atoms with van der Waals surface area (Å²) in [6.07, 6.45) is 1.92. The monoisotopic (exact) mass is 454 g/mol. The first-order chi connectivity index (χ1) is 14.0. The molecule has 1 heterocycles. The van der Waals surface area contributed by atoms with Crippen LogP contribution < -0.4 is 15.0 Å². The van der Waals surface area contributed by atoms with E-state index in [-0.39, 0.29) is 5.91 Å². The summed E-state index contributed by atoms with van der Waals surface area (Å²) in [5, 5.41) is 0. The average molecular weight is 455 g/mol. The smallest absolute Gasteiger partial charge is 0.279 e. The van der Waals surface area contributed by atoms with E-state index in [0.717, 1.165) is 5.56 Å². The topological polar surface area (TPSA) is 52.8 Å². The Bertz CT molecular complexity index is 1070. The van der Waals surface area contributed by atoms with E-state index in [1.807, 2.05) is 35.9 Å². The zero-order valence-electron chi connectivity index (χ0n) is 16.7. The number of pyridine rings is 1. The number of benzene rings is 2. The van der Waals surface area contributed by atoms with E-state index in [1.165, 1.54) is 5.56 Å². The summed E-state index contributed by atoms with van der Waals surface area (Å²) in [5.41, 5.74) is 3.35. The summed E-state index contributed by atoms with van der Waals surface area (Å²) in [6, 6.07) is 17.3. The Hall–Kier alpha value is -2.86. The molecule has 0 N–H and O–H groups in total. The third kappa shape index (κ3) is 5.15. The number of methoxy groups -OCH3 is 1. The summed E-state index contributed by atoms with van der Waals surface area (Å²) < 4.78 is 13.6. The normalized spacial score (nSPS) is 11.4. The minimum absolute atomic E-state index is 0.351. The van der Waals surface area contributed by atoms with Gasteiger partial charge in [0.25, 0.3) is 5.91 Å². The Morgan fingerprint density at radius 3 is 2.59 bits per heavy atom. The lowest BCUT2D eigenvalue weighted by Crippen LogP contribution is -2.22. The first-order valence-electron chi connectivity index (χ1n) is 9.32. The van der Waals surface area contributed by atoms with Crippen molar-refractivity contribution in [3.05, 3.63) is 87.4 Å². The van der Waals surface area contributed by atoms with Gasteiger partial charge in [-0.25, -0.2) is 0 Å². The van der Waals surface area contributed by atoms with Crippen LogP contribution in [0.2, 0.25) is 0 Å². The minimum atomic E-state index is -0.351. The van der Waals surface area contributed by atoms with Gasteiger partial charge in [-0.3, -0.25) is 4.79 Å². The van der Waals surface area contributed by atoms with Crippen molar-refractivity contribution in [2.45, 2.75) is 20.4 Å². The van der Waals surface area contributed by atoms with Crippen LogP contribution in [0.15, 0.2) is 70.3 Å². The maximum Gasteiger partial charge on any atom is 0.279 e. The van der Waals surface area contributed by atoms with Crippen molar-refractivity contribution >= 4 is 21.8 Å². The molecule has 0 aliphatic rings. The predicted octanol–water partition coefficient (Wildman–Crippen LogP) is 4.76. The molecule has 0 aliphatic carbocycles. The number of amides is 1. The minimum Gasteiger partial charge on any atom is -0.493 e. The molecule has 2 aromatic carbocycles. The highest BCUT2D eigenvalue weighted by molar-refractivity contribution is 9.10.